The Morgan fingerprint density at radius 2 is 1.93 bits per heavy atom. The molecule has 2 saturated heterocycles. The lowest BCUT2D eigenvalue weighted by atomic mass is 9.97. The van der Waals surface area contributed by atoms with E-state index in [2.05, 4.69) is 37.4 Å². The van der Waals surface area contributed by atoms with E-state index >= 15 is 0 Å². The zero-order valence-electron chi connectivity index (χ0n) is 17.5. The Balaban J connectivity index is 1.35. The molecule has 6 heteroatoms. The van der Waals surface area contributed by atoms with Crippen LogP contribution in [0.15, 0.2) is 18.2 Å². The van der Waals surface area contributed by atoms with E-state index in [1.54, 1.807) is 0 Å². The van der Waals surface area contributed by atoms with Gasteiger partial charge in [0, 0.05) is 19.5 Å². The fourth-order valence-electron chi connectivity index (χ4n) is 5.24. The minimum absolute atomic E-state index is 0.0955. The van der Waals surface area contributed by atoms with Gasteiger partial charge in [-0.2, -0.15) is 0 Å². The molecule has 1 N–H and O–H groups in total. The molecule has 2 aliphatic heterocycles. The molecule has 29 heavy (non-hydrogen) atoms. The first-order chi connectivity index (χ1) is 13.9. The predicted octanol–water partition coefficient (Wildman–Crippen LogP) is 3.61. The fourth-order valence-corrected chi connectivity index (χ4v) is 5.24. The first kappa shape index (κ1) is 19.9. The Kier molecular flexibility index (Phi) is 5.36. The number of urea groups is 1. The first-order valence-corrected chi connectivity index (χ1v) is 10.9. The van der Waals surface area contributed by atoms with E-state index in [-0.39, 0.29) is 23.9 Å². The van der Waals surface area contributed by atoms with Crippen molar-refractivity contribution in [2.24, 2.45) is 0 Å². The molecular formula is C23H31N3O3. The molecule has 1 spiro atoms. The van der Waals surface area contributed by atoms with Crippen molar-refractivity contribution in [1.29, 1.82) is 0 Å². The van der Waals surface area contributed by atoms with Gasteiger partial charge < -0.3 is 10.2 Å². The van der Waals surface area contributed by atoms with Gasteiger partial charge in [0.15, 0.2) is 0 Å². The molecule has 6 nitrogen and oxygen atoms in total. The number of aryl methyl sites for hydroxylation is 2. The van der Waals surface area contributed by atoms with Crippen LogP contribution >= 0.6 is 0 Å². The molecule has 1 aliphatic carbocycles. The van der Waals surface area contributed by atoms with Crippen LogP contribution in [0.5, 0.6) is 0 Å². The molecule has 1 saturated carbocycles. The van der Waals surface area contributed by atoms with Crippen LogP contribution in [0.1, 0.15) is 74.1 Å². The zero-order chi connectivity index (χ0) is 20.6. The summed E-state index contributed by atoms with van der Waals surface area (Å²) < 4.78 is 0. The van der Waals surface area contributed by atoms with E-state index in [9.17, 15) is 14.4 Å². The van der Waals surface area contributed by atoms with Crippen LogP contribution in [0, 0.1) is 13.8 Å². The smallest absolute Gasteiger partial charge is 0.325 e. The molecule has 1 atom stereocenters. The number of hydrogen-bond donors (Lipinski definition) is 1. The molecule has 0 bridgehead atoms. The van der Waals surface area contributed by atoms with Crippen LogP contribution in [0.4, 0.5) is 4.79 Å². The van der Waals surface area contributed by atoms with Crippen LogP contribution in [0.25, 0.3) is 0 Å². The third kappa shape index (κ3) is 3.65. The Bertz CT molecular complexity index is 829. The van der Waals surface area contributed by atoms with E-state index < -0.39 is 5.54 Å². The maximum absolute atomic E-state index is 12.9. The Morgan fingerprint density at radius 1 is 1.17 bits per heavy atom. The quantitative estimate of drug-likeness (QED) is 0.772. The average molecular weight is 398 g/mol. The highest BCUT2D eigenvalue weighted by molar-refractivity contribution is 6.07. The maximum Gasteiger partial charge on any atom is 0.325 e. The van der Waals surface area contributed by atoms with Crippen LogP contribution in [0.3, 0.4) is 0 Å². The number of hydrogen-bond acceptors (Lipinski definition) is 3. The largest absolute Gasteiger partial charge is 0.336 e. The number of likely N-dealkylation sites (tertiary alicyclic amines) is 1. The van der Waals surface area contributed by atoms with Gasteiger partial charge in [-0.1, -0.05) is 36.6 Å². The van der Waals surface area contributed by atoms with Gasteiger partial charge in [0.25, 0.3) is 5.91 Å². The average Bonchev–Trinajstić information content (AvgIpc) is 3.40. The summed E-state index contributed by atoms with van der Waals surface area (Å²) in [5, 5.41) is 2.90. The predicted molar refractivity (Wildman–Crippen MR) is 110 cm³/mol. The number of amides is 4. The molecule has 2 heterocycles. The minimum Gasteiger partial charge on any atom is -0.336 e. The highest BCUT2D eigenvalue weighted by Crippen LogP contribution is 2.36. The van der Waals surface area contributed by atoms with Crippen LogP contribution < -0.4 is 5.32 Å². The topological polar surface area (TPSA) is 69.7 Å². The lowest BCUT2D eigenvalue weighted by Crippen LogP contribution is -2.44. The number of nitrogens with zero attached hydrogens (tertiary/aromatic N) is 2. The van der Waals surface area contributed by atoms with Gasteiger partial charge in [0.05, 0.1) is 6.04 Å². The molecule has 0 aromatic heterocycles. The van der Waals surface area contributed by atoms with Crippen molar-refractivity contribution in [3.05, 3.63) is 34.9 Å². The summed E-state index contributed by atoms with van der Waals surface area (Å²) in [7, 11) is 0. The third-order valence-corrected chi connectivity index (χ3v) is 6.84. The zero-order valence-corrected chi connectivity index (χ0v) is 17.5. The molecule has 0 unspecified atom stereocenters. The normalized spacial score (nSPS) is 23.3. The van der Waals surface area contributed by atoms with Crippen LogP contribution in [-0.4, -0.2) is 46.3 Å². The number of benzene rings is 1. The standard InChI is InChI=1S/C23H31N3O3/c1-16-9-10-17(2)18(15-16)19-7-5-13-25(19)20(27)8-6-14-26-21(28)23(24-22(26)29)11-3-4-12-23/h9-10,15,19H,3-8,11-14H2,1-2H3,(H,24,29)/t19-/m1/s1. The van der Waals surface area contributed by atoms with Gasteiger partial charge in [0.2, 0.25) is 5.91 Å². The minimum atomic E-state index is -0.663. The first-order valence-electron chi connectivity index (χ1n) is 10.9. The van der Waals surface area contributed by atoms with Gasteiger partial charge in [-0.15, -0.1) is 0 Å². The highest BCUT2D eigenvalue weighted by Gasteiger charge is 2.52. The molecule has 4 rings (SSSR count). The number of imide groups is 1. The third-order valence-electron chi connectivity index (χ3n) is 6.84. The Morgan fingerprint density at radius 3 is 2.69 bits per heavy atom. The molecule has 3 aliphatic rings. The lowest BCUT2D eigenvalue weighted by Gasteiger charge is -2.27. The summed E-state index contributed by atoms with van der Waals surface area (Å²) in [6, 6.07) is 6.27. The molecule has 156 valence electrons. The van der Waals surface area contributed by atoms with Crippen molar-refractivity contribution in [3.63, 3.8) is 0 Å². The lowest BCUT2D eigenvalue weighted by molar-refractivity contribution is -0.134. The molecule has 0 radical (unpaired) electrons. The van der Waals surface area contributed by atoms with Gasteiger partial charge >= 0.3 is 6.03 Å². The monoisotopic (exact) mass is 397 g/mol. The summed E-state index contributed by atoms with van der Waals surface area (Å²) in [6.07, 6.45) is 6.32. The number of rotatable bonds is 5. The van der Waals surface area contributed by atoms with E-state index in [1.807, 2.05) is 4.90 Å². The molecular weight excluding hydrogens is 366 g/mol. The van der Waals surface area contributed by atoms with Crippen molar-refractivity contribution < 1.29 is 14.4 Å². The fraction of sp³-hybridized carbons (Fsp3) is 0.609. The number of nitrogens with one attached hydrogen (secondary N) is 1. The maximum atomic E-state index is 12.9. The van der Waals surface area contributed by atoms with Crippen molar-refractivity contribution in [3.8, 4) is 0 Å². The van der Waals surface area contributed by atoms with E-state index in [0.717, 1.165) is 45.1 Å². The van der Waals surface area contributed by atoms with E-state index in [4.69, 9.17) is 0 Å². The van der Waals surface area contributed by atoms with Crippen LogP contribution in [0.2, 0.25) is 0 Å². The molecule has 1 aromatic carbocycles. The summed E-state index contributed by atoms with van der Waals surface area (Å²) in [5.74, 6) is 0.0259. The van der Waals surface area contributed by atoms with E-state index in [0.29, 0.717) is 19.4 Å². The Hall–Kier alpha value is -2.37. The van der Waals surface area contributed by atoms with Crippen molar-refractivity contribution >= 4 is 17.8 Å². The summed E-state index contributed by atoms with van der Waals surface area (Å²) in [6.45, 7) is 5.29. The van der Waals surface area contributed by atoms with Crippen molar-refractivity contribution in [2.45, 2.75) is 76.8 Å². The second kappa shape index (κ2) is 7.81. The van der Waals surface area contributed by atoms with Gasteiger partial charge in [0.1, 0.15) is 5.54 Å². The summed E-state index contributed by atoms with van der Waals surface area (Å²) >= 11 is 0. The Labute approximate surface area is 172 Å². The summed E-state index contributed by atoms with van der Waals surface area (Å²) in [4.78, 5) is 41.3. The van der Waals surface area contributed by atoms with Gasteiger partial charge in [-0.25, -0.2) is 4.79 Å². The molecule has 3 fully saturated rings. The summed E-state index contributed by atoms with van der Waals surface area (Å²) in [5.41, 5.74) is 3.02. The SMILES string of the molecule is Cc1ccc(C)c([C@H]2CCCN2C(=O)CCCN2C(=O)NC3(CCCC3)C2=O)c1. The molecule has 1 aromatic rings. The van der Waals surface area contributed by atoms with Gasteiger partial charge in [-0.05, 0) is 57.1 Å². The van der Waals surface area contributed by atoms with Crippen molar-refractivity contribution in [2.75, 3.05) is 13.1 Å². The van der Waals surface area contributed by atoms with Gasteiger partial charge in [-0.3, -0.25) is 14.5 Å². The second-order valence-corrected chi connectivity index (χ2v) is 8.88. The highest BCUT2D eigenvalue weighted by atomic mass is 16.2. The number of carbonyl (C=O) groups excluding carboxylic acids is 3. The van der Waals surface area contributed by atoms with Crippen molar-refractivity contribution in [1.82, 2.24) is 15.1 Å². The number of carbonyl (C=O) groups is 3. The molecule has 4 amide bonds. The van der Waals surface area contributed by atoms with Crippen LogP contribution in [-0.2, 0) is 9.59 Å². The second-order valence-electron chi connectivity index (χ2n) is 8.88. The van der Waals surface area contributed by atoms with E-state index in [1.165, 1.54) is 21.6 Å².